The fourth-order valence-corrected chi connectivity index (χ4v) is 7.98. The molecule has 77 heavy (non-hydrogen) atoms. The third-order valence-electron chi connectivity index (χ3n) is 12.5. The second-order valence-electron chi connectivity index (χ2n) is 19.8. The average molecular weight is 1060 g/mol. The van der Waals surface area contributed by atoms with E-state index in [1.807, 2.05) is 0 Å². The molecule has 0 aromatic carbocycles. The molecule has 0 amide bonds. The van der Waals surface area contributed by atoms with E-state index < -0.39 is 6.10 Å². The molecule has 0 fully saturated rings. The maximum atomic E-state index is 12.9. The van der Waals surface area contributed by atoms with Gasteiger partial charge in [-0.3, -0.25) is 14.4 Å². The number of allylic oxidation sites excluding steroid dienone is 26. The van der Waals surface area contributed by atoms with Crippen molar-refractivity contribution in [1.82, 2.24) is 0 Å². The molecule has 1 atom stereocenters. The third-order valence-corrected chi connectivity index (χ3v) is 12.5. The molecule has 0 rings (SSSR count). The van der Waals surface area contributed by atoms with Crippen LogP contribution in [0.15, 0.2) is 158 Å². The minimum absolute atomic E-state index is 0.105. The minimum Gasteiger partial charge on any atom is -0.462 e. The zero-order chi connectivity index (χ0) is 55.7. The summed E-state index contributed by atoms with van der Waals surface area (Å²) in [5.74, 6) is -0.954. The van der Waals surface area contributed by atoms with Crippen LogP contribution in [0.2, 0.25) is 0 Å². The first-order valence-electron chi connectivity index (χ1n) is 31.0. The van der Waals surface area contributed by atoms with Gasteiger partial charge in [0.25, 0.3) is 0 Å². The first-order valence-corrected chi connectivity index (χ1v) is 31.0. The summed E-state index contributed by atoms with van der Waals surface area (Å²) >= 11 is 0. The van der Waals surface area contributed by atoms with Crippen LogP contribution in [0.3, 0.4) is 0 Å². The van der Waals surface area contributed by atoms with Gasteiger partial charge in [0.1, 0.15) is 13.2 Å². The summed E-state index contributed by atoms with van der Waals surface area (Å²) in [5.41, 5.74) is 0. The van der Waals surface area contributed by atoms with Crippen molar-refractivity contribution in [3.05, 3.63) is 158 Å². The van der Waals surface area contributed by atoms with Crippen LogP contribution in [0, 0.1) is 0 Å². The van der Waals surface area contributed by atoms with Crippen molar-refractivity contribution in [1.29, 1.82) is 0 Å². The number of ether oxygens (including phenoxy) is 3. The van der Waals surface area contributed by atoms with E-state index in [1.165, 1.54) is 25.7 Å². The van der Waals surface area contributed by atoms with E-state index in [1.54, 1.807) is 0 Å². The van der Waals surface area contributed by atoms with E-state index in [0.29, 0.717) is 19.3 Å². The standard InChI is InChI=1S/C71H112O6/c1-4-7-10-13-16-19-22-25-28-31-34-35-38-40-43-46-49-52-55-58-61-64-70(73)76-67-68(77-71(74)65-62-59-56-53-50-47-44-41-37-33-30-27-24-21-18-15-12-9-6-3)66-75-69(72)63-60-57-54-51-48-45-42-39-36-32-29-26-23-20-17-14-11-8-5-2/h7-12,16-21,25-30,34-37,39-41,43,68H,4-6,13-15,22-24,31-33,38,42,44-67H2,1-3H3/b10-7-,11-8-,12-9-,19-16-,20-17-,21-18-,28-25-,29-26-,30-27-,35-34-,39-36-,41-37-,43-40-. The van der Waals surface area contributed by atoms with Gasteiger partial charge in [0.05, 0.1) is 0 Å². The average Bonchev–Trinajstić information content (AvgIpc) is 3.43. The van der Waals surface area contributed by atoms with Crippen LogP contribution in [0.1, 0.15) is 252 Å². The highest BCUT2D eigenvalue weighted by Crippen LogP contribution is 2.14. The number of unbranched alkanes of at least 4 members (excludes halogenated alkanes) is 17. The van der Waals surface area contributed by atoms with Gasteiger partial charge >= 0.3 is 17.9 Å². The van der Waals surface area contributed by atoms with Crippen LogP contribution in [0.25, 0.3) is 0 Å². The second-order valence-corrected chi connectivity index (χ2v) is 19.8. The molecule has 1 unspecified atom stereocenters. The summed E-state index contributed by atoms with van der Waals surface area (Å²) in [7, 11) is 0. The quantitative estimate of drug-likeness (QED) is 0.0261. The Bertz CT molecular complexity index is 1740. The van der Waals surface area contributed by atoms with Crippen LogP contribution >= 0.6 is 0 Å². The van der Waals surface area contributed by atoms with Crippen LogP contribution in [-0.2, 0) is 28.6 Å². The van der Waals surface area contributed by atoms with E-state index in [4.69, 9.17) is 14.2 Å². The molecule has 0 bridgehead atoms. The molecule has 0 saturated heterocycles. The molecular formula is C71H112O6. The van der Waals surface area contributed by atoms with Crippen molar-refractivity contribution in [2.75, 3.05) is 13.2 Å². The van der Waals surface area contributed by atoms with Gasteiger partial charge in [0, 0.05) is 19.3 Å². The van der Waals surface area contributed by atoms with E-state index >= 15 is 0 Å². The highest BCUT2D eigenvalue weighted by molar-refractivity contribution is 5.71. The van der Waals surface area contributed by atoms with Crippen LogP contribution < -0.4 is 0 Å². The number of hydrogen-bond acceptors (Lipinski definition) is 6. The maximum Gasteiger partial charge on any atom is 0.306 e. The smallest absolute Gasteiger partial charge is 0.306 e. The fraction of sp³-hybridized carbons (Fsp3) is 0.592. The lowest BCUT2D eigenvalue weighted by Crippen LogP contribution is -2.30. The van der Waals surface area contributed by atoms with Crippen molar-refractivity contribution in [3.8, 4) is 0 Å². The topological polar surface area (TPSA) is 78.9 Å². The van der Waals surface area contributed by atoms with Gasteiger partial charge in [-0.25, -0.2) is 0 Å². The lowest BCUT2D eigenvalue weighted by molar-refractivity contribution is -0.167. The highest BCUT2D eigenvalue weighted by Gasteiger charge is 2.19. The number of carbonyl (C=O) groups is 3. The maximum absolute atomic E-state index is 12.9. The van der Waals surface area contributed by atoms with Crippen molar-refractivity contribution in [2.24, 2.45) is 0 Å². The molecule has 0 spiro atoms. The Kier molecular flexibility index (Phi) is 59.5. The molecule has 0 aliphatic rings. The van der Waals surface area contributed by atoms with Crippen molar-refractivity contribution >= 4 is 17.9 Å². The fourth-order valence-electron chi connectivity index (χ4n) is 7.98. The van der Waals surface area contributed by atoms with Gasteiger partial charge in [0.2, 0.25) is 0 Å². The summed E-state index contributed by atoms with van der Waals surface area (Å²) in [6.07, 6.45) is 92.3. The van der Waals surface area contributed by atoms with E-state index in [2.05, 4.69) is 179 Å². The third kappa shape index (κ3) is 61.8. The van der Waals surface area contributed by atoms with E-state index in [9.17, 15) is 14.4 Å². The Morgan fingerprint density at radius 3 is 0.727 bits per heavy atom. The molecule has 0 aromatic rings. The second kappa shape index (κ2) is 63.6. The number of hydrogen-bond donors (Lipinski definition) is 0. The summed E-state index contributed by atoms with van der Waals surface area (Å²) in [4.78, 5) is 38.3. The highest BCUT2D eigenvalue weighted by atomic mass is 16.6. The molecular weight excluding hydrogens is 949 g/mol. The molecule has 0 aliphatic carbocycles. The number of carbonyl (C=O) groups excluding carboxylic acids is 3. The molecule has 0 aromatic heterocycles. The Morgan fingerprint density at radius 2 is 0.468 bits per heavy atom. The van der Waals surface area contributed by atoms with Crippen LogP contribution in [0.5, 0.6) is 0 Å². The van der Waals surface area contributed by atoms with Crippen LogP contribution in [0.4, 0.5) is 0 Å². The SMILES string of the molecule is CC/C=C\C/C=C\C/C=C\C/C=C\C/C=C\CCCCCCCC(=O)OCC(COC(=O)CCCCCCCC/C=C\C/C=C\C/C=C\C/C=C\CC)OC(=O)CCCCCCCC/C=C\C/C=C\C/C=C\C/C=C\CC. The van der Waals surface area contributed by atoms with Gasteiger partial charge in [-0.2, -0.15) is 0 Å². The van der Waals surface area contributed by atoms with Gasteiger partial charge in [-0.1, -0.05) is 249 Å². The van der Waals surface area contributed by atoms with Crippen molar-refractivity contribution in [3.63, 3.8) is 0 Å². The van der Waals surface area contributed by atoms with Gasteiger partial charge in [0.15, 0.2) is 6.10 Å². The molecule has 0 saturated carbocycles. The Hall–Kier alpha value is -4.97. The number of esters is 3. The molecule has 0 radical (unpaired) electrons. The first kappa shape index (κ1) is 72.0. The summed E-state index contributed by atoms with van der Waals surface area (Å²) in [5, 5.41) is 0. The van der Waals surface area contributed by atoms with Gasteiger partial charge < -0.3 is 14.2 Å². The lowest BCUT2D eigenvalue weighted by atomic mass is 10.1. The van der Waals surface area contributed by atoms with Crippen molar-refractivity contribution in [2.45, 2.75) is 258 Å². The van der Waals surface area contributed by atoms with Gasteiger partial charge in [-0.05, 0) is 141 Å². The first-order chi connectivity index (χ1) is 38.0. The Labute approximate surface area is 473 Å². The summed E-state index contributed by atoms with van der Waals surface area (Å²) < 4.78 is 16.9. The summed E-state index contributed by atoms with van der Waals surface area (Å²) in [6, 6.07) is 0. The molecule has 0 aliphatic heterocycles. The molecule has 6 nitrogen and oxygen atoms in total. The number of rotatable bonds is 54. The predicted octanol–water partition coefficient (Wildman–Crippen LogP) is 21.3. The normalized spacial score (nSPS) is 13.2. The van der Waals surface area contributed by atoms with Crippen molar-refractivity contribution < 1.29 is 28.6 Å². The molecule has 0 heterocycles. The van der Waals surface area contributed by atoms with E-state index in [0.717, 1.165) is 186 Å². The Morgan fingerprint density at radius 1 is 0.260 bits per heavy atom. The zero-order valence-electron chi connectivity index (χ0n) is 49.4. The predicted molar refractivity (Wildman–Crippen MR) is 334 cm³/mol. The van der Waals surface area contributed by atoms with E-state index in [-0.39, 0.29) is 31.1 Å². The Balaban J connectivity index is 4.52. The largest absolute Gasteiger partial charge is 0.462 e. The molecule has 432 valence electrons. The minimum atomic E-state index is -0.810. The zero-order valence-corrected chi connectivity index (χ0v) is 49.4. The van der Waals surface area contributed by atoms with Gasteiger partial charge in [-0.15, -0.1) is 0 Å². The monoisotopic (exact) mass is 1060 g/mol. The lowest BCUT2D eigenvalue weighted by Gasteiger charge is -2.18. The summed E-state index contributed by atoms with van der Waals surface area (Å²) in [6.45, 7) is 6.26. The molecule has 6 heteroatoms. The molecule has 0 N–H and O–H groups in total. The van der Waals surface area contributed by atoms with Crippen LogP contribution in [-0.4, -0.2) is 37.2 Å².